The number of hydrogen-bond donors (Lipinski definition) is 3. The van der Waals surface area contributed by atoms with Crippen LogP contribution >= 0.6 is 0 Å². The molecule has 6 heteroatoms. The molecule has 6 nitrogen and oxygen atoms in total. The molecule has 0 aliphatic carbocycles. The first-order valence-corrected chi connectivity index (χ1v) is 14.0. The number of urea groups is 1. The third kappa shape index (κ3) is 31.1. The highest BCUT2D eigenvalue weighted by Crippen LogP contribution is 2.12. The SMILES string of the molecule is CCCCCCCCCCCCOCCCCCCCCCCCC.NC(=O)N(CO)CO. The number of unbranched alkanes of at least 4 members (excludes halogenated alkanes) is 18. The van der Waals surface area contributed by atoms with Crippen molar-refractivity contribution in [2.45, 2.75) is 142 Å². The number of carbonyl (C=O) groups is 1. The summed E-state index contributed by atoms with van der Waals surface area (Å²) in [4.78, 5) is 10.7. The molecule has 2 amide bonds. The normalized spacial score (nSPS) is 10.7. The van der Waals surface area contributed by atoms with Gasteiger partial charge in [0.05, 0.1) is 0 Å². The standard InChI is InChI=1S/C24H50O.C3H8N2O3/c1-3-5-7-9-11-13-15-17-19-21-23-25-24-22-20-18-16-14-12-10-8-6-4-2;4-3(8)5(1-6)2-7/h3-24H2,1-2H3;6-7H,1-2H2,(H2,4,8). The zero-order chi connectivity index (χ0) is 24.8. The molecule has 0 spiro atoms. The fourth-order valence-corrected chi connectivity index (χ4v) is 3.67. The Hall–Kier alpha value is -0.850. The number of hydrogen-bond acceptors (Lipinski definition) is 4. The van der Waals surface area contributed by atoms with Crippen LogP contribution in [0.1, 0.15) is 142 Å². The molecule has 0 rings (SSSR count). The summed E-state index contributed by atoms with van der Waals surface area (Å²) in [5.41, 5.74) is 4.62. The molecule has 0 bridgehead atoms. The molecule has 0 radical (unpaired) electrons. The van der Waals surface area contributed by atoms with Crippen molar-refractivity contribution >= 4 is 6.03 Å². The topological polar surface area (TPSA) is 96.0 Å². The van der Waals surface area contributed by atoms with E-state index >= 15 is 0 Å². The van der Waals surface area contributed by atoms with Crippen LogP contribution in [0.2, 0.25) is 0 Å². The summed E-state index contributed by atoms with van der Waals surface area (Å²) in [5.74, 6) is 0. The highest BCUT2D eigenvalue weighted by Gasteiger charge is 2.02. The highest BCUT2D eigenvalue weighted by molar-refractivity contribution is 5.71. The fraction of sp³-hybridized carbons (Fsp3) is 0.963. The lowest BCUT2D eigenvalue weighted by molar-refractivity contribution is 0.0608. The Kier molecular flexibility index (Phi) is 32.4. The van der Waals surface area contributed by atoms with Gasteiger partial charge in [0, 0.05) is 13.2 Å². The molecule has 0 unspecified atom stereocenters. The van der Waals surface area contributed by atoms with Gasteiger partial charge in [0.25, 0.3) is 0 Å². The van der Waals surface area contributed by atoms with Gasteiger partial charge in [-0.15, -0.1) is 0 Å². The number of nitrogens with two attached hydrogens (primary N) is 1. The van der Waals surface area contributed by atoms with Crippen molar-refractivity contribution < 1.29 is 19.7 Å². The van der Waals surface area contributed by atoms with E-state index in [9.17, 15) is 4.79 Å². The van der Waals surface area contributed by atoms with Crippen LogP contribution in [-0.4, -0.2) is 47.8 Å². The molecule has 0 aromatic carbocycles. The van der Waals surface area contributed by atoms with Crippen molar-refractivity contribution in [2.75, 3.05) is 26.7 Å². The Morgan fingerprint density at radius 1 is 0.576 bits per heavy atom. The Bertz CT molecular complexity index is 344. The first-order chi connectivity index (χ1) is 16.1. The second-order valence-electron chi connectivity index (χ2n) is 9.14. The Morgan fingerprint density at radius 2 is 0.848 bits per heavy atom. The molecular weight excluding hydrogens is 416 g/mol. The number of ether oxygens (including phenoxy) is 1. The average Bonchev–Trinajstić information content (AvgIpc) is 2.81. The van der Waals surface area contributed by atoms with Crippen molar-refractivity contribution in [2.24, 2.45) is 5.73 Å². The molecule has 0 aromatic heterocycles. The smallest absolute Gasteiger partial charge is 0.318 e. The van der Waals surface area contributed by atoms with Crippen LogP contribution in [0.3, 0.4) is 0 Å². The lowest BCUT2D eigenvalue weighted by atomic mass is 10.1. The van der Waals surface area contributed by atoms with Crippen LogP contribution in [0, 0.1) is 0 Å². The number of carbonyl (C=O) groups excluding carboxylic acids is 1. The average molecular weight is 475 g/mol. The van der Waals surface area contributed by atoms with Gasteiger partial charge >= 0.3 is 6.03 Å². The number of aliphatic hydroxyl groups is 2. The zero-order valence-corrected chi connectivity index (χ0v) is 22.2. The summed E-state index contributed by atoms with van der Waals surface area (Å²) in [6.45, 7) is 5.47. The molecule has 4 N–H and O–H groups in total. The summed E-state index contributed by atoms with van der Waals surface area (Å²) in [6, 6.07) is -0.838. The van der Waals surface area contributed by atoms with Gasteiger partial charge in [-0.05, 0) is 12.8 Å². The fourth-order valence-electron chi connectivity index (χ4n) is 3.67. The third-order valence-electron chi connectivity index (χ3n) is 5.94. The predicted octanol–water partition coefficient (Wildman–Crippen LogP) is 7.11. The van der Waals surface area contributed by atoms with Crippen molar-refractivity contribution in [3.63, 3.8) is 0 Å². The van der Waals surface area contributed by atoms with E-state index in [1.54, 1.807) is 0 Å². The first kappa shape index (κ1) is 34.3. The number of nitrogens with zero attached hydrogens (tertiary/aromatic N) is 1. The largest absolute Gasteiger partial charge is 0.381 e. The maximum atomic E-state index is 9.99. The molecular formula is C27H58N2O4. The number of primary amides is 1. The summed E-state index contributed by atoms with van der Waals surface area (Å²) in [6.07, 6.45) is 28.2. The quantitative estimate of drug-likeness (QED) is 0.103. The summed E-state index contributed by atoms with van der Waals surface area (Å²) in [7, 11) is 0. The van der Waals surface area contributed by atoms with Gasteiger partial charge in [0.15, 0.2) is 0 Å². The molecule has 33 heavy (non-hydrogen) atoms. The lowest BCUT2D eigenvalue weighted by Crippen LogP contribution is -2.36. The van der Waals surface area contributed by atoms with Crippen molar-refractivity contribution in [3.05, 3.63) is 0 Å². The van der Waals surface area contributed by atoms with Gasteiger partial charge in [-0.3, -0.25) is 4.90 Å². The zero-order valence-electron chi connectivity index (χ0n) is 22.2. The number of rotatable bonds is 24. The van der Waals surface area contributed by atoms with E-state index in [0.29, 0.717) is 4.90 Å². The highest BCUT2D eigenvalue weighted by atomic mass is 16.5. The van der Waals surface area contributed by atoms with E-state index in [-0.39, 0.29) is 0 Å². The minimum absolute atomic E-state index is 0.550. The Morgan fingerprint density at radius 3 is 1.06 bits per heavy atom. The number of amides is 2. The molecule has 0 saturated carbocycles. The van der Waals surface area contributed by atoms with E-state index in [0.717, 1.165) is 13.2 Å². The van der Waals surface area contributed by atoms with Gasteiger partial charge in [-0.2, -0.15) is 0 Å². The maximum absolute atomic E-state index is 9.99. The summed E-state index contributed by atoms with van der Waals surface area (Å²) >= 11 is 0. The number of aliphatic hydroxyl groups excluding tert-OH is 2. The maximum Gasteiger partial charge on any atom is 0.318 e. The van der Waals surface area contributed by atoms with Gasteiger partial charge in [0.1, 0.15) is 13.5 Å². The van der Waals surface area contributed by atoms with Crippen molar-refractivity contribution in [1.82, 2.24) is 4.90 Å². The minimum atomic E-state index is -0.838. The molecule has 0 aliphatic heterocycles. The van der Waals surface area contributed by atoms with Gasteiger partial charge < -0.3 is 20.7 Å². The van der Waals surface area contributed by atoms with Gasteiger partial charge in [-0.25, -0.2) is 4.79 Å². The molecule has 0 aromatic rings. The monoisotopic (exact) mass is 474 g/mol. The van der Waals surface area contributed by atoms with E-state index in [1.165, 1.54) is 128 Å². The Labute approximate surface area is 205 Å². The first-order valence-electron chi connectivity index (χ1n) is 14.0. The Balaban J connectivity index is 0. The second kappa shape index (κ2) is 31.1. The van der Waals surface area contributed by atoms with Gasteiger partial charge in [0.2, 0.25) is 0 Å². The molecule has 0 atom stereocenters. The molecule has 0 saturated heterocycles. The van der Waals surface area contributed by atoms with Crippen LogP contribution < -0.4 is 5.73 Å². The van der Waals surface area contributed by atoms with Crippen LogP contribution in [-0.2, 0) is 4.74 Å². The molecule has 0 heterocycles. The molecule has 0 fully saturated rings. The van der Waals surface area contributed by atoms with Gasteiger partial charge in [-0.1, -0.05) is 129 Å². The summed E-state index contributed by atoms with van der Waals surface area (Å²) < 4.78 is 5.78. The third-order valence-corrected chi connectivity index (χ3v) is 5.94. The van der Waals surface area contributed by atoms with E-state index < -0.39 is 19.5 Å². The van der Waals surface area contributed by atoms with Crippen molar-refractivity contribution in [3.8, 4) is 0 Å². The van der Waals surface area contributed by atoms with Crippen LogP contribution in [0.25, 0.3) is 0 Å². The van der Waals surface area contributed by atoms with E-state index in [4.69, 9.17) is 14.9 Å². The van der Waals surface area contributed by atoms with Crippen molar-refractivity contribution in [1.29, 1.82) is 0 Å². The van der Waals surface area contributed by atoms with E-state index in [1.807, 2.05) is 0 Å². The molecule has 0 aliphatic rings. The second-order valence-corrected chi connectivity index (χ2v) is 9.14. The summed E-state index contributed by atoms with van der Waals surface area (Å²) in [5, 5.41) is 16.3. The lowest BCUT2D eigenvalue weighted by Gasteiger charge is -2.11. The van der Waals surface area contributed by atoms with Crippen LogP contribution in [0.5, 0.6) is 0 Å². The van der Waals surface area contributed by atoms with E-state index in [2.05, 4.69) is 19.6 Å². The van der Waals surface area contributed by atoms with Crippen LogP contribution in [0.15, 0.2) is 0 Å². The minimum Gasteiger partial charge on any atom is -0.381 e. The van der Waals surface area contributed by atoms with Crippen LogP contribution in [0.4, 0.5) is 4.79 Å². The predicted molar refractivity (Wildman–Crippen MR) is 140 cm³/mol. The molecule has 200 valence electrons.